The first kappa shape index (κ1) is 9.37. The van der Waals surface area contributed by atoms with Crippen LogP contribution in [0.2, 0.25) is 0 Å². The Hall–Kier alpha value is -1.19. The molecule has 1 aromatic rings. The third-order valence-corrected chi connectivity index (χ3v) is 2.66. The van der Waals surface area contributed by atoms with Crippen LogP contribution in [0.25, 0.3) is 0 Å². The maximum atomic E-state index is 12.4. The highest BCUT2D eigenvalue weighted by atomic mass is 19.1. The van der Waals surface area contributed by atoms with Crippen molar-refractivity contribution < 1.29 is 4.39 Å². The Balaban J connectivity index is 2.13. The molecule has 14 heavy (non-hydrogen) atoms. The van der Waals surface area contributed by atoms with Crippen LogP contribution in [0.15, 0.2) is 12.4 Å². The van der Waals surface area contributed by atoms with E-state index in [2.05, 4.69) is 14.9 Å². The standard InChI is InChI=1S/C10H14FN3/c1-8-10(13-4-3-12-8)14-5-2-9(6-11)7-14/h3-4,9H,2,5-7H2,1H3/t9-/m1/s1. The fraction of sp³-hybridized carbons (Fsp3) is 0.600. The molecule has 4 heteroatoms. The van der Waals surface area contributed by atoms with E-state index < -0.39 is 0 Å². The molecule has 0 unspecified atom stereocenters. The van der Waals surface area contributed by atoms with Crippen LogP contribution in [-0.4, -0.2) is 29.7 Å². The number of anilines is 1. The number of hydrogen-bond acceptors (Lipinski definition) is 3. The molecule has 2 rings (SSSR count). The molecule has 0 bridgehead atoms. The van der Waals surface area contributed by atoms with E-state index >= 15 is 0 Å². The average Bonchev–Trinajstić information content (AvgIpc) is 2.67. The first-order chi connectivity index (χ1) is 6.81. The second-order valence-electron chi connectivity index (χ2n) is 3.72. The van der Waals surface area contributed by atoms with Gasteiger partial charge < -0.3 is 4.90 Å². The summed E-state index contributed by atoms with van der Waals surface area (Å²) in [6.07, 6.45) is 4.29. The van der Waals surface area contributed by atoms with Crippen LogP contribution in [0.3, 0.4) is 0 Å². The monoisotopic (exact) mass is 195 g/mol. The number of rotatable bonds is 2. The van der Waals surface area contributed by atoms with Gasteiger partial charge in [-0.05, 0) is 13.3 Å². The minimum absolute atomic E-state index is 0.177. The summed E-state index contributed by atoms with van der Waals surface area (Å²) in [6.45, 7) is 3.38. The average molecular weight is 195 g/mol. The maximum Gasteiger partial charge on any atom is 0.150 e. The van der Waals surface area contributed by atoms with Gasteiger partial charge in [-0.3, -0.25) is 9.37 Å². The number of halogens is 1. The molecule has 0 N–H and O–H groups in total. The predicted octanol–water partition coefficient (Wildman–Crippen LogP) is 1.58. The lowest BCUT2D eigenvalue weighted by Crippen LogP contribution is -2.22. The van der Waals surface area contributed by atoms with Crippen molar-refractivity contribution in [1.29, 1.82) is 0 Å². The van der Waals surface area contributed by atoms with Gasteiger partial charge in [0.05, 0.1) is 12.4 Å². The number of aromatic nitrogens is 2. The minimum atomic E-state index is -0.226. The van der Waals surface area contributed by atoms with Crippen molar-refractivity contribution in [1.82, 2.24) is 9.97 Å². The summed E-state index contributed by atoms with van der Waals surface area (Å²) in [7, 11) is 0. The number of hydrogen-bond donors (Lipinski definition) is 0. The zero-order chi connectivity index (χ0) is 9.97. The maximum absolute atomic E-state index is 12.4. The molecular formula is C10H14FN3. The third-order valence-electron chi connectivity index (χ3n) is 2.66. The molecule has 1 saturated heterocycles. The van der Waals surface area contributed by atoms with Gasteiger partial charge in [-0.2, -0.15) is 0 Å². The lowest BCUT2D eigenvalue weighted by molar-refractivity contribution is 0.384. The Bertz CT molecular complexity index is 316. The summed E-state index contributed by atoms with van der Waals surface area (Å²) in [4.78, 5) is 10.6. The highest BCUT2D eigenvalue weighted by Gasteiger charge is 2.24. The Morgan fingerprint density at radius 2 is 2.29 bits per heavy atom. The zero-order valence-electron chi connectivity index (χ0n) is 8.28. The van der Waals surface area contributed by atoms with Crippen LogP contribution >= 0.6 is 0 Å². The first-order valence-electron chi connectivity index (χ1n) is 4.90. The summed E-state index contributed by atoms with van der Waals surface area (Å²) in [5.41, 5.74) is 0.923. The van der Waals surface area contributed by atoms with E-state index in [0.717, 1.165) is 31.0 Å². The van der Waals surface area contributed by atoms with Gasteiger partial charge in [-0.25, -0.2) is 4.98 Å². The molecular weight excluding hydrogens is 181 g/mol. The largest absolute Gasteiger partial charge is 0.355 e. The van der Waals surface area contributed by atoms with Crippen molar-refractivity contribution in [2.24, 2.45) is 5.92 Å². The Labute approximate surface area is 83.0 Å². The highest BCUT2D eigenvalue weighted by Crippen LogP contribution is 2.23. The second-order valence-corrected chi connectivity index (χ2v) is 3.72. The fourth-order valence-electron chi connectivity index (χ4n) is 1.86. The molecule has 0 spiro atoms. The van der Waals surface area contributed by atoms with E-state index in [0.29, 0.717) is 0 Å². The van der Waals surface area contributed by atoms with Crippen molar-refractivity contribution in [3.63, 3.8) is 0 Å². The first-order valence-corrected chi connectivity index (χ1v) is 4.90. The van der Waals surface area contributed by atoms with Gasteiger partial charge >= 0.3 is 0 Å². The Kier molecular flexibility index (Phi) is 2.61. The van der Waals surface area contributed by atoms with Crippen LogP contribution in [-0.2, 0) is 0 Å². The molecule has 1 aliphatic rings. The quantitative estimate of drug-likeness (QED) is 0.717. The van der Waals surface area contributed by atoms with Crippen LogP contribution in [0.5, 0.6) is 0 Å². The van der Waals surface area contributed by atoms with E-state index in [1.807, 2.05) is 6.92 Å². The molecule has 0 aliphatic carbocycles. The number of nitrogens with zero attached hydrogens (tertiary/aromatic N) is 3. The van der Waals surface area contributed by atoms with E-state index in [9.17, 15) is 4.39 Å². The molecule has 0 amide bonds. The van der Waals surface area contributed by atoms with Crippen LogP contribution in [0, 0.1) is 12.8 Å². The predicted molar refractivity (Wildman–Crippen MR) is 53.1 cm³/mol. The van der Waals surface area contributed by atoms with E-state index in [1.165, 1.54) is 0 Å². The molecule has 1 aromatic heterocycles. The molecule has 1 aliphatic heterocycles. The molecule has 2 heterocycles. The lowest BCUT2D eigenvalue weighted by atomic mass is 10.1. The molecule has 0 aromatic carbocycles. The second kappa shape index (κ2) is 3.90. The Morgan fingerprint density at radius 3 is 2.93 bits per heavy atom. The van der Waals surface area contributed by atoms with Gasteiger partial charge in [0.25, 0.3) is 0 Å². The summed E-state index contributed by atoms with van der Waals surface area (Å²) < 4.78 is 12.4. The van der Waals surface area contributed by atoms with Crippen molar-refractivity contribution >= 4 is 5.82 Å². The van der Waals surface area contributed by atoms with Crippen molar-refractivity contribution in [3.05, 3.63) is 18.1 Å². The van der Waals surface area contributed by atoms with Gasteiger partial charge in [-0.15, -0.1) is 0 Å². The SMILES string of the molecule is Cc1nccnc1N1CC[C@H](CF)C1. The molecule has 0 saturated carbocycles. The summed E-state index contributed by atoms with van der Waals surface area (Å²) in [6, 6.07) is 0. The summed E-state index contributed by atoms with van der Waals surface area (Å²) in [5.74, 6) is 1.08. The van der Waals surface area contributed by atoms with Gasteiger partial charge in [0.15, 0.2) is 0 Å². The molecule has 76 valence electrons. The van der Waals surface area contributed by atoms with Gasteiger partial charge in [-0.1, -0.05) is 0 Å². The molecule has 1 atom stereocenters. The fourth-order valence-corrected chi connectivity index (χ4v) is 1.86. The van der Waals surface area contributed by atoms with Gasteiger partial charge in [0.2, 0.25) is 0 Å². The third kappa shape index (κ3) is 1.69. The zero-order valence-corrected chi connectivity index (χ0v) is 8.28. The van der Waals surface area contributed by atoms with Crippen molar-refractivity contribution in [2.75, 3.05) is 24.7 Å². The van der Waals surface area contributed by atoms with Crippen LogP contribution in [0.4, 0.5) is 10.2 Å². The number of aryl methyl sites for hydroxylation is 1. The topological polar surface area (TPSA) is 29.0 Å². The smallest absolute Gasteiger partial charge is 0.150 e. The summed E-state index contributed by atoms with van der Waals surface area (Å²) >= 11 is 0. The molecule has 3 nitrogen and oxygen atoms in total. The summed E-state index contributed by atoms with van der Waals surface area (Å²) in [5, 5.41) is 0. The van der Waals surface area contributed by atoms with E-state index in [1.54, 1.807) is 12.4 Å². The van der Waals surface area contributed by atoms with Gasteiger partial charge in [0.1, 0.15) is 5.82 Å². The molecule has 0 radical (unpaired) electrons. The number of alkyl halides is 1. The van der Waals surface area contributed by atoms with E-state index in [4.69, 9.17) is 0 Å². The van der Waals surface area contributed by atoms with Gasteiger partial charge in [0, 0.05) is 31.4 Å². The minimum Gasteiger partial charge on any atom is -0.355 e. The molecule has 1 fully saturated rings. The normalized spacial score (nSPS) is 21.6. The van der Waals surface area contributed by atoms with Crippen LogP contribution < -0.4 is 4.90 Å². The van der Waals surface area contributed by atoms with Crippen molar-refractivity contribution in [3.8, 4) is 0 Å². The van der Waals surface area contributed by atoms with Crippen LogP contribution in [0.1, 0.15) is 12.1 Å². The highest BCUT2D eigenvalue weighted by molar-refractivity contribution is 5.43. The van der Waals surface area contributed by atoms with E-state index in [-0.39, 0.29) is 12.6 Å². The Morgan fingerprint density at radius 1 is 1.50 bits per heavy atom. The van der Waals surface area contributed by atoms with Crippen molar-refractivity contribution in [2.45, 2.75) is 13.3 Å². The lowest BCUT2D eigenvalue weighted by Gasteiger charge is -2.17.